The fourth-order valence-corrected chi connectivity index (χ4v) is 11.6. The maximum atomic E-state index is 2.60. The van der Waals surface area contributed by atoms with E-state index in [2.05, 4.69) is 197 Å². The highest BCUT2D eigenvalue weighted by atomic mass is 14.5. The molecule has 61 heavy (non-hydrogen) atoms. The van der Waals surface area contributed by atoms with Gasteiger partial charge in [-0.2, -0.15) is 0 Å². The van der Waals surface area contributed by atoms with Gasteiger partial charge in [-0.25, -0.2) is 0 Å². The molecule has 9 rings (SSSR count). The zero-order valence-corrected chi connectivity index (χ0v) is 40.4. The lowest BCUT2D eigenvalue weighted by Crippen LogP contribution is -2.25. The van der Waals surface area contributed by atoms with Crippen molar-refractivity contribution in [3.05, 3.63) is 185 Å². The van der Waals surface area contributed by atoms with Crippen molar-refractivity contribution in [1.29, 1.82) is 0 Å². The highest BCUT2D eigenvalue weighted by molar-refractivity contribution is 6.28. The van der Waals surface area contributed by atoms with Gasteiger partial charge in [-0.05, 0) is 218 Å². The fraction of sp³-hybridized carbons (Fsp3) is 0.344. The zero-order valence-electron chi connectivity index (χ0n) is 40.4. The third-order valence-electron chi connectivity index (χ3n) is 14.2. The molecule has 0 spiro atoms. The number of rotatable bonds is 3. The molecule has 0 saturated carbocycles. The summed E-state index contributed by atoms with van der Waals surface area (Å²) < 4.78 is 0. The van der Waals surface area contributed by atoms with E-state index in [-0.39, 0.29) is 16.2 Å². The van der Waals surface area contributed by atoms with Gasteiger partial charge in [0.1, 0.15) is 0 Å². The lowest BCUT2D eigenvalue weighted by atomic mass is 9.61. The molecule has 7 aromatic carbocycles. The predicted molar refractivity (Wildman–Crippen MR) is 265 cm³/mol. The Morgan fingerprint density at radius 3 is 0.852 bits per heavy atom. The number of hydrogen-bond donors (Lipinski definition) is 0. The monoisotopic (exact) mass is 799 g/mol. The summed E-state index contributed by atoms with van der Waals surface area (Å²) in [4.78, 5) is 0. The molecule has 2 aliphatic carbocycles. The molecule has 0 heteroatoms. The summed E-state index contributed by atoms with van der Waals surface area (Å²) in [6, 6.07) is 30.0. The van der Waals surface area contributed by atoms with E-state index in [1.54, 1.807) is 0 Å². The van der Waals surface area contributed by atoms with Crippen molar-refractivity contribution >= 4 is 21.5 Å². The first-order chi connectivity index (χ1) is 28.4. The van der Waals surface area contributed by atoms with Gasteiger partial charge in [0.25, 0.3) is 0 Å². The highest BCUT2D eigenvalue weighted by Gasteiger charge is 2.43. The van der Waals surface area contributed by atoms with E-state index in [4.69, 9.17) is 0 Å². The molecule has 310 valence electrons. The van der Waals surface area contributed by atoms with E-state index in [1.165, 1.54) is 156 Å². The average Bonchev–Trinajstić information content (AvgIpc) is 3.11. The minimum absolute atomic E-state index is 0.0768. The minimum Gasteiger partial charge on any atom is -0.0561 e. The second-order valence-electron chi connectivity index (χ2n) is 22.4. The molecule has 0 atom stereocenters. The van der Waals surface area contributed by atoms with E-state index in [9.17, 15) is 0 Å². The Morgan fingerprint density at radius 2 is 0.541 bits per heavy atom. The van der Waals surface area contributed by atoms with Crippen molar-refractivity contribution in [2.45, 2.75) is 141 Å². The smallest absolute Gasteiger partial charge is 0.0561 e. The second-order valence-corrected chi connectivity index (χ2v) is 22.4. The van der Waals surface area contributed by atoms with Crippen molar-refractivity contribution in [3.8, 4) is 22.3 Å². The SMILES string of the molecule is Cc1cc(C)c([C]2c3cc(C(C)(C)C)cc4c3-c3c5c2cc(C(C)(C)C)cc5c(-c2c(C)cc(C)cc2C)c2cc(C(C)(C)C)cc(c32)[C]4c2c(C)cc(C)cc2C)c(C)c1. The molecule has 0 amide bonds. The Labute approximate surface area is 367 Å². The van der Waals surface area contributed by atoms with Gasteiger partial charge in [0.05, 0.1) is 11.8 Å². The van der Waals surface area contributed by atoms with Gasteiger partial charge >= 0.3 is 0 Å². The van der Waals surface area contributed by atoms with Crippen molar-refractivity contribution < 1.29 is 0 Å². The molecule has 0 saturated heterocycles. The van der Waals surface area contributed by atoms with E-state index in [0.717, 1.165) is 0 Å². The summed E-state index contributed by atoms with van der Waals surface area (Å²) in [7, 11) is 0. The predicted octanol–water partition coefficient (Wildman–Crippen LogP) is 16.7. The molecule has 0 bridgehead atoms. The molecule has 0 unspecified atom stereocenters. The first-order valence-electron chi connectivity index (χ1n) is 22.7. The fourth-order valence-electron chi connectivity index (χ4n) is 11.6. The third kappa shape index (κ3) is 6.28. The molecule has 0 aliphatic heterocycles. The normalized spacial score (nSPS) is 14.3. The van der Waals surface area contributed by atoms with E-state index < -0.39 is 0 Å². The lowest BCUT2D eigenvalue weighted by Gasteiger charge is -2.41. The van der Waals surface area contributed by atoms with Crippen LogP contribution in [0, 0.1) is 74.1 Å². The quantitative estimate of drug-likeness (QED) is 0.156. The standard InChI is InChI=1S/C61H66/c1-31-19-34(4)49(35(5)20-31)52-43-25-40(59(10,11)12)27-45-53(50-36(6)21-32(2)22-37(50)7)47-29-42(61(16,17)18)30-48-54(51-38(8)23-33(3)24-39(51)9)46-28-41(60(13,14)15)26-44(52)56(46)58(55(43)45)57(47)48/h19-30H,1-18H3. The Hall–Kier alpha value is -4.94. The van der Waals surface area contributed by atoms with Gasteiger partial charge in [-0.1, -0.05) is 140 Å². The largest absolute Gasteiger partial charge is 0.0647 e. The first kappa shape index (κ1) is 41.4. The zero-order chi connectivity index (χ0) is 44.2. The van der Waals surface area contributed by atoms with Crippen molar-refractivity contribution in [3.63, 3.8) is 0 Å². The third-order valence-corrected chi connectivity index (χ3v) is 14.2. The summed E-state index contributed by atoms with van der Waals surface area (Å²) in [6.45, 7) is 42.4. The molecular weight excluding hydrogens is 733 g/mol. The first-order valence-corrected chi connectivity index (χ1v) is 22.7. The van der Waals surface area contributed by atoms with Crippen LogP contribution in [0.3, 0.4) is 0 Å². The van der Waals surface area contributed by atoms with Gasteiger partial charge < -0.3 is 0 Å². The Balaban J connectivity index is 1.66. The Bertz CT molecular complexity index is 2810. The van der Waals surface area contributed by atoms with Crippen LogP contribution in [0.4, 0.5) is 0 Å². The Kier molecular flexibility index (Phi) is 9.18. The molecule has 0 N–H and O–H groups in total. The van der Waals surface area contributed by atoms with Crippen molar-refractivity contribution in [1.82, 2.24) is 0 Å². The summed E-state index contributed by atoms with van der Waals surface area (Å²) in [6.07, 6.45) is 0. The highest BCUT2D eigenvalue weighted by Crippen LogP contribution is 2.62. The van der Waals surface area contributed by atoms with E-state index in [0.29, 0.717) is 0 Å². The molecule has 2 radical (unpaired) electrons. The summed E-state index contributed by atoms with van der Waals surface area (Å²) in [5, 5.41) is 5.56. The Morgan fingerprint density at radius 1 is 0.262 bits per heavy atom. The van der Waals surface area contributed by atoms with Crippen LogP contribution in [0.25, 0.3) is 43.8 Å². The van der Waals surface area contributed by atoms with Crippen LogP contribution in [0.1, 0.15) is 162 Å². The van der Waals surface area contributed by atoms with Gasteiger partial charge in [0, 0.05) is 0 Å². The van der Waals surface area contributed by atoms with Crippen molar-refractivity contribution in [2.75, 3.05) is 0 Å². The molecule has 0 heterocycles. The van der Waals surface area contributed by atoms with Crippen LogP contribution in [0.5, 0.6) is 0 Å². The summed E-state index contributed by atoms with van der Waals surface area (Å²) in [5.74, 6) is 2.77. The number of aryl methyl sites for hydroxylation is 9. The van der Waals surface area contributed by atoms with Crippen LogP contribution < -0.4 is 0 Å². The topological polar surface area (TPSA) is 0 Å². The van der Waals surface area contributed by atoms with Gasteiger partial charge in [-0.15, -0.1) is 0 Å². The van der Waals surface area contributed by atoms with E-state index >= 15 is 0 Å². The van der Waals surface area contributed by atoms with Gasteiger partial charge in [0.15, 0.2) is 0 Å². The van der Waals surface area contributed by atoms with Crippen LogP contribution in [0.15, 0.2) is 72.8 Å². The molecule has 0 aromatic heterocycles. The number of hydrogen-bond acceptors (Lipinski definition) is 0. The van der Waals surface area contributed by atoms with Crippen LogP contribution >= 0.6 is 0 Å². The van der Waals surface area contributed by atoms with Gasteiger partial charge in [0.2, 0.25) is 0 Å². The maximum Gasteiger partial charge on any atom is 0.0647 e. The van der Waals surface area contributed by atoms with Gasteiger partial charge in [-0.3, -0.25) is 0 Å². The second kappa shape index (κ2) is 13.5. The molecular formula is C61H66. The average molecular weight is 799 g/mol. The molecule has 2 aliphatic rings. The summed E-state index contributed by atoms with van der Waals surface area (Å²) >= 11 is 0. The minimum atomic E-state index is -0.0768. The van der Waals surface area contributed by atoms with Crippen LogP contribution in [-0.2, 0) is 16.2 Å². The lowest BCUT2D eigenvalue weighted by molar-refractivity contribution is 0.589. The van der Waals surface area contributed by atoms with Crippen LogP contribution in [-0.4, -0.2) is 0 Å². The molecule has 0 nitrogen and oxygen atoms in total. The maximum absolute atomic E-state index is 2.60. The van der Waals surface area contributed by atoms with Crippen LogP contribution in [0.2, 0.25) is 0 Å². The number of benzene rings is 7. The molecule has 7 aromatic rings. The molecule has 0 fully saturated rings. The van der Waals surface area contributed by atoms with E-state index in [1.807, 2.05) is 0 Å². The van der Waals surface area contributed by atoms with Crippen molar-refractivity contribution in [2.24, 2.45) is 0 Å². The summed E-state index contributed by atoms with van der Waals surface area (Å²) in [5.41, 5.74) is 29.7.